The minimum absolute atomic E-state index is 0.118. The maximum Gasteiger partial charge on any atom is 0.338 e. The Morgan fingerprint density at radius 1 is 1.19 bits per heavy atom. The predicted octanol–water partition coefficient (Wildman–Crippen LogP) is 2.52. The zero-order valence-electron chi connectivity index (χ0n) is 15.1. The van der Waals surface area contributed by atoms with Gasteiger partial charge in [0.05, 0.1) is 31.4 Å². The van der Waals surface area contributed by atoms with E-state index in [2.05, 4.69) is 5.32 Å². The van der Waals surface area contributed by atoms with E-state index in [1.165, 1.54) is 12.0 Å². The Balaban J connectivity index is 2.42. The molecule has 1 heterocycles. The van der Waals surface area contributed by atoms with Gasteiger partial charge in [-0.2, -0.15) is 0 Å². The Labute approximate surface area is 157 Å². The van der Waals surface area contributed by atoms with Crippen molar-refractivity contribution < 1.29 is 23.8 Å². The zero-order chi connectivity index (χ0) is 19.1. The fraction of sp³-hybridized carbons (Fsp3) is 0.444. The molecule has 0 saturated heterocycles. The van der Waals surface area contributed by atoms with Crippen molar-refractivity contribution in [3.05, 3.63) is 46.1 Å². The minimum atomic E-state index is -0.690. The first-order valence-corrected chi connectivity index (χ1v) is 8.57. The molecule has 0 aromatic heterocycles. The van der Waals surface area contributed by atoms with Gasteiger partial charge in [0, 0.05) is 24.9 Å². The highest BCUT2D eigenvalue weighted by atomic mass is 35.5. The van der Waals surface area contributed by atoms with E-state index in [1.54, 1.807) is 38.3 Å². The molecule has 0 bridgehead atoms. The molecule has 142 valence electrons. The summed E-state index contributed by atoms with van der Waals surface area (Å²) >= 11 is 6.29. The van der Waals surface area contributed by atoms with E-state index in [9.17, 15) is 9.59 Å². The van der Waals surface area contributed by atoms with Gasteiger partial charge in [0.25, 0.3) is 0 Å². The quantitative estimate of drug-likeness (QED) is 0.552. The Bertz CT molecular complexity index is 692. The monoisotopic (exact) mass is 382 g/mol. The van der Waals surface area contributed by atoms with E-state index in [4.69, 9.17) is 25.8 Å². The number of carbonyl (C=O) groups excluding carboxylic acids is 2. The van der Waals surface area contributed by atoms with Crippen LogP contribution in [-0.2, 0) is 19.0 Å². The lowest BCUT2D eigenvalue weighted by Gasteiger charge is -2.35. The molecule has 1 N–H and O–H groups in total. The van der Waals surface area contributed by atoms with E-state index < -0.39 is 12.0 Å². The number of carbonyl (C=O) groups is 2. The van der Waals surface area contributed by atoms with E-state index in [-0.39, 0.29) is 19.2 Å². The maximum atomic E-state index is 12.7. The number of halogens is 1. The van der Waals surface area contributed by atoms with E-state index in [0.717, 1.165) is 0 Å². The second-order valence-corrected chi connectivity index (χ2v) is 6.08. The third-order valence-electron chi connectivity index (χ3n) is 4.07. The molecule has 1 aromatic carbocycles. The molecule has 0 radical (unpaired) electrons. The van der Waals surface area contributed by atoms with Gasteiger partial charge in [-0.25, -0.2) is 9.59 Å². The lowest BCUT2D eigenvalue weighted by atomic mass is 9.95. The lowest BCUT2D eigenvalue weighted by molar-refractivity contribution is -0.140. The first-order chi connectivity index (χ1) is 12.5. The number of hydrogen-bond acceptors (Lipinski definition) is 5. The predicted molar refractivity (Wildman–Crippen MR) is 96.8 cm³/mol. The van der Waals surface area contributed by atoms with Gasteiger partial charge in [-0.15, -0.1) is 0 Å². The van der Waals surface area contributed by atoms with Crippen LogP contribution in [0.3, 0.4) is 0 Å². The summed E-state index contributed by atoms with van der Waals surface area (Å²) in [5.41, 5.74) is 1.48. The number of amides is 2. The molecule has 8 heteroatoms. The highest BCUT2D eigenvalue weighted by molar-refractivity contribution is 6.31. The van der Waals surface area contributed by atoms with Gasteiger partial charge in [0.1, 0.15) is 6.61 Å². The van der Waals surface area contributed by atoms with Crippen LogP contribution in [0, 0.1) is 0 Å². The Morgan fingerprint density at radius 3 is 2.54 bits per heavy atom. The number of rotatable bonds is 8. The number of nitrogens with zero attached hydrogens (tertiary/aromatic N) is 1. The molecule has 1 unspecified atom stereocenters. The number of nitrogens with one attached hydrogen (secondary N) is 1. The highest BCUT2D eigenvalue weighted by Gasteiger charge is 2.37. The number of methoxy groups -OCH3 is 2. The van der Waals surface area contributed by atoms with Gasteiger partial charge in [0.15, 0.2) is 0 Å². The van der Waals surface area contributed by atoms with Crippen molar-refractivity contribution in [2.75, 3.05) is 40.6 Å². The fourth-order valence-electron chi connectivity index (χ4n) is 2.74. The van der Waals surface area contributed by atoms with Crippen molar-refractivity contribution >= 4 is 23.6 Å². The standard InChI is InChI=1S/C18H23ClN2O5/c1-12-15(17(22)26-11-10-25-3)16(13-6-4-5-7-14(13)19)20-18(23)21(12)8-9-24-2/h4-7,16H,8-11H2,1-3H3,(H,20,23). The lowest BCUT2D eigenvalue weighted by Crippen LogP contribution is -2.49. The van der Waals surface area contributed by atoms with Crippen molar-refractivity contribution in [3.8, 4) is 0 Å². The summed E-state index contributed by atoms with van der Waals surface area (Å²) in [4.78, 5) is 26.7. The van der Waals surface area contributed by atoms with Crippen molar-refractivity contribution in [1.82, 2.24) is 10.2 Å². The van der Waals surface area contributed by atoms with Crippen molar-refractivity contribution in [3.63, 3.8) is 0 Å². The van der Waals surface area contributed by atoms with Crippen molar-refractivity contribution in [2.45, 2.75) is 13.0 Å². The van der Waals surface area contributed by atoms with Crippen LogP contribution >= 0.6 is 11.6 Å². The third kappa shape index (κ3) is 4.55. The summed E-state index contributed by atoms with van der Waals surface area (Å²) in [6, 6.07) is 6.06. The molecule has 0 spiro atoms. The molecular weight excluding hydrogens is 360 g/mol. The van der Waals surface area contributed by atoms with Crippen LogP contribution in [0.2, 0.25) is 5.02 Å². The number of ether oxygens (including phenoxy) is 3. The Hall–Kier alpha value is -2.09. The first kappa shape index (κ1) is 20.2. The molecule has 7 nitrogen and oxygen atoms in total. The summed E-state index contributed by atoms with van der Waals surface area (Å²) in [5.74, 6) is -0.521. The van der Waals surface area contributed by atoms with Crippen LogP contribution in [0.5, 0.6) is 0 Å². The number of urea groups is 1. The van der Waals surface area contributed by atoms with Crippen LogP contribution in [0.25, 0.3) is 0 Å². The molecule has 2 amide bonds. The van der Waals surface area contributed by atoms with E-state index in [0.29, 0.717) is 35.0 Å². The maximum absolute atomic E-state index is 12.7. The molecule has 1 aliphatic heterocycles. The number of hydrogen-bond donors (Lipinski definition) is 1. The molecule has 1 atom stereocenters. The smallest absolute Gasteiger partial charge is 0.338 e. The van der Waals surface area contributed by atoms with Gasteiger partial charge in [-0.3, -0.25) is 4.90 Å². The summed E-state index contributed by atoms with van der Waals surface area (Å²) < 4.78 is 15.3. The zero-order valence-corrected chi connectivity index (χ0v) is 15.8. The molecule has 2 rings (SSSR count). The van der Waals surface area contributed by atoms with Crippen LogP contribution < -0.4 is 5.32 Å². The van der Waals surface area contributed by atoms with Gasteiger partial charge in [0.2, 0.25) is 0 Å². The largest absolute Gasteiger partial charge is 0.460 e. The number of allylic oxidation sites excluding steroid dienone is 1. The Morgan fingerprint density at radius 2 is 1.88 bits per heavy atom. The van der Waals surface area contributed by atoms with Crippen molar-refractivity contribution in [2.24, 2.45) is 0 Å². The van der Waals surface area contributed by atoms with Gasteiger partial charge >= 0.3 is 12.0 Å². The minimum Gasteiger partial charge on any atom is -0.460 e. The fourth-order valence-corrected chi connectivity index (χ4v) is 2.98. The first-order valence-electron chi connectivity index (χ1n) is 8.19. The molecule has 0 fully saturated rings. The third-order valence-corrected chi connectivity index (χ3v) is 4.42. The highest BCUT2D eigenvalue weighted by Crippen LogP contribution is 2.34. The van der Waals surface area contributed by atoms with Crippen LogP contribution in [0.4, 0.5) is 4.79 Å². The molecule has 1 aliphatic rings. The molecule has 0 aliphatic carbocycles. The summed E-state index contributed by atoms with van der Waals surface area (Å²) in [6.45, 7) is 2.78. The molecule has 0 saturated carbocycles. The topological polar surface area (TPSA) is 77.1 Å². The number of esters is 1. The van der Waals surface area contributed by atoms with Crippen LogP contribution in [0.15, 0.2) is 35.5 Å². The van der Waals surface area contributed by atoms with Gasteiger partial charge < -0.3 is 19.5 Å². The average molecular weight is 383 g/mol. The average Bonchev–Trinajstić information content (AvgIpc) is 2.61. The second kappa shape index (κ2) is 9.56. The van der Waals surface area contributed by atoms with Crippen LogP contribution in [-0.4, -0.2) is 57.5 Å². The molecular formula is C18H23ClN2O5. The van der Waals surface area contributed by atoms with Crippen molar-refractivity contribution in [1.29, 1.82) is 0 Å². The number of benzene rings is 1. The Kier molecular flexibility index (Phi) is 7.44. The van der Waals surface area contributed by atoms with Gasteiger partial charge in [-0.1, -0.05) is 29.8 Å². The molecule has 1 aromatic rings. The van der Waals surface area contributed by atoms with Crippen LogP contribution in [0.1, 0.15) is 18.5 Å². The summed E-state index contributed by atoms with van der Waals surface area (Å²) in [5, 5.41) is 3.30. The summed E-state index contributed by atoms with van der Waals surface area (Å²) in [6.07, 6.45) is 0. The van der Waals surface area contributed by atoms with Gasteiger partial charge in [-0.05, 0) is 18.6 Å². The SMILES string of the molecule is COCCOC(=O)C1=C(C)N(CCOC)C(=O)NC1c1ccccc1Cl. The normalized spacial score (nSPS) is 17.3. The van der Waals surface area contributed by atoms with E-state index in [1.807, 2.05) is 0 Å². The summed E-state index contributed by atoms with van der Waals surface area (Å²) in [7, 11) is 3.07. The second-order valence-electron chi connectivity index (χ2n) is 5.68. The van der Waals surface area contributed by atoms with E-state index >= 15 is 0 Å². The molecule has 26 heavy (non-hydrogen) atoms.